The van der Waals surface area contributed by atoms with Crippen LogP contribution in [0.15, 0.2) is 5.38 Å². The lowest BCUT2D eigenvalue weighted by molar-refractivity contribution is 0.0696. The molecule has 2 rings (SSSR count). The van der Waals surface area contributed by atoms with Crippen molar-refractivity contribution in [2.45, 2.75) is 26.9 Å². The van der Waals surface area contributed by atoms with E-state index in [2.05, 4.69) is 15.4 Å². The molecule has 2 N–H and O–H groups in total. The van der Waals surface area contributed by atoms with Gasteiger partial charge in [0.2, 0.25) is 5.01 Å². The molecule has 102 valence electrons. The van der Waals surface area contributed by atoms with Crippen LogP contribution in [-0.4, -0.2) is 25.8 Å². The van der Waals surface area contributed by atoms with Gasteiger partial charge in [-0.25, -0.2) is 9.78 Å². The summed E-state index contributed by atoms with van der Waals surface area (Å²) >= 11 is 1.15. The van der Waals surface area contributed by atoms with Crippen LogP contribution < -0.4 is 5.32 Å². The first-order valence-corrected chi connectivity index (χ1v) is 6.74. The van der Waals surface area contributed by atoms with Crippen molar-refractivity contribution in [1.82, 2.24) is 20.1 Å². The lowest BCUT2D eigenvalue weighted by atomic mass is 10.2. The molecule has 0 fully saturated rings. The maximum atomic E-state index is 10.7. The standard InChI is InChI=1S/C12H16N4O2S/c1-7-10(8(2)16(3)15-7)5-13-4-9-6-19-11(14-9)12(17)18/h6,13H,4-5H2,1-3H3,(H,17,18). The second kappa shape index (κ2) is 5.50. The molecule has 0 aliphatic heterocycles. The highest BCUT2D eigenvalue weighted by Crippen LogP contribution is 2.12. The average Bonchev–Trinajstić information content (AvgIpc) is 2.90. The average molecular weight is 280 g/mol. The minimum Gasteiger partial charge on any atom is -0.476 e. The molecule has 0 saturated carbocycles. The number of nitrogens with one attached hydrogen (secondary N) is 1. The Bertz CT molecular complexity index is 603. The molecule has 19 heavy (non-hydrogen) atoms. The van der Waals surface area contributed by atoms with Gasteiger partial charge in [0.25, 0.3) is 0 Å². The molecule has 7 heteroatoms. The van der Waals surface area contributed by atoms with Crippen molar-refractivity contribution in [2.24, 2.45) is 7.05 Å². The molecule has 2 aromatic heterocycles. The van der Waals surface area contributed by atoms with E-state index in [1.807, 2.05) is 25.6 Å². The Labute approximate surface area is 115 Å². The van der Waals surface area contributed by atoms with Gasteiger partial charge in [-0.2, -0.15) is 5.10 Å². The van der Waals surface area contributed by atoms with Crippen LogP contribution in [0.1, 0.15) is 32.4 Å². The van der Waals surface area contributed by atoms with Gasteiger partial charge in [-0.3, -0.25) is 4.68 Å². The molecule has 0 radical (unpaired) electrons. The second-order valence-electron chi connectivity index (χ2n) is 4.33. The van der Waals surface area contributed by atoms with Gasteiger partial charge in [-0.1, -0.05) is 0 Å². The molecule has 0 saturated heterocycles. The lowest BCUT2D eigenvalue weighted by Gasteiger charge is -2.03. The molecule has 0 spiro atoms. The third-order valence-corrected chi connectivity index (χ3v) is 3.88. The summed E-state index contributed by atoms with van der Waals surface area (Å²) in [6.45, 7) is 5.26. The number of carbonyl (C=O) groups is 1. The molecule has 2 heterocycles. The number of rotatable bonds is 5. The SMILES string of the molecule is Cc1nn(C)c(C)c1CNCc1csc(C(=O)O)n1. The summed E-state index contributed by atoms with van der Waals surface area (Å²) in [7, 11) is 1.92. The summed E-state index contributed by atoms with van der Waals surface area (Å²) in [5.41, 5.74) is 4.07. The van der Waals surface area contributed by atoms with E-state index < -0.39 is 5.97 Å². The van der Waals surface area contributed by atoms with Crippen molar-refractivity contribution in [1.29, 1.82) is 0 Å². The van der Waals surface area contributed by atoms with E-state index in [1.165, 1.54) is 5.56 Å². The van der Waals surface area contributed by atoms with Crippen LogP contribution in [0.5, 0.6) is 0 Å². The van der Waals surface area contributed by atoms with Gasteiger partial charge in [-0.05, 0) is 13.8 Å². The number of aromatic carboxylic acids is 1. The van der Waals surface area contributed by atoms with Crippen LogP contribution in [-0.2, 0) is 20.1 Å². The fourth-order valence-electron chi connectivity index (χ4n) is 1.88. The predicted molar refractivity (Wildman–Crippen MR) is 72.3 cm³/mol. The van der Waals surface area contributed by atoms with Crippen LogP contribution in [0.25, 0.3) is 0 Å². The second-order valence-corrected chi connectivity index (χ2v) is 5.18. The van der Waals surface area contributed by atoms with Crippen molar-refractivity contribution in [3.63, 3.8) is 0 Å². The van der Waals surface area contributed by atoms with Crippen molar-refractivity contribution in [3.8, 4) is 0 Å². The van der Waals surface area contributed by atoms with Crippen LogP contribution in [0.2, 0.25) is 0 Å². The fraction of sp³-hybridized carbons (Fsp3) is 0.417. The number of thiazole rings is 1. The van der Waals surface area contributed by atoms with Gasteiger partial charge in [0.05, 0.1) is 11.4 Å². The molecule has 6 nitrogen and oxygen atoms in total. The number of carboxylic acids is 1. The van der Waals surface area contributed by atoms with Gasteiger partial charge >= 0.3 is 5.97 Å². The lowest BCUT2D eigenvalue weighted by Crippen LogP contribution is -2.14. The first-order valence-electron chi connectivity index (χ1n) is 5.86. The topological polar surface area (TPSA) is 80.0 Å². The number of hydrogen-bond donors (Lipinski definition) is 2. The molecule has 2 aromatic rings. The summed E-state index contributed by atoms with van der Waals surface area (Å²) in [4.78, 5) is 14.7. The molecule has 0 bridgehead atoms. The minimum absolute atomic E-state index is 0.130. The molecule has 0 atom stereocenters. The highest BCUT2D eigenvalue weighted by molar-refractivity contribution is 7.11. The molecule has 0 aromatic carbocycles. The van der Waals surface area contributed by atoms with Gasteiger partial charge in [0, 0.05) is 36.8 Å². The van der Waals surface area contributed by atoms with Gasteiger partial charge in [-0.15, -0.1) is 11.3 Å². The van der Waals surface area contributed by atoms with Crippen molar-refractivity contribution in [2.75, 3.05) is 0 Å². The maximum Gasteiger partial charge on any atom is 0.365 e. The van der Waals surface area contributed by atoms with Crippen molar-refractivity contribution < 1.29 is 9.90 Å². The highest BCUT2D eigenvalue weighted by atomic mass is 32.1. The van der Waals surface area contributed by atoms with E-state index in [1.54, 1.807) is 5.38 Å². The summed E-state index contributed by atoms with van der Waals surface area (Å²) in [5.74, 6) is -0.977. The zero-order valence-electron chi connectivity index (χ0n) is 11.1. The summed E-state index contributed by atoms with van der Waals surface area (Å²) in [6.07, 6.45) is 0. The number of hydrogen-bond acceptors (Lipinski definition) is 5. The summed E-state index contributed by atoms with van der Waals surface area (Å²) < 4.78 is 1.86. The zero-order chi connectivity index (χ0) is 14.0. The first-order chi connectivity index (χ1) is 8.99. The number of aryl methyl sites for hydroxylation is 2. The molecular formula is C12H16N4O2S. The summed E-state index contributed by atoms with van der Waals surface area (Å²) in [6, 6.07) is 0. The molecular weight excluding hydrogens is 264 g/mol. The Kier molecular flexibility index (Phi) is 3.96. The van der Waals surface area contributed by atoms with E-state index in [0.29, 0.717) is 13.1 Å². The first kappa shape index (κ1) is 13.7. The highest BCUT2D eigenvalue weighted by Gasteiger charge is 2.10. The quantitative estimate of drug-likeness (QED) is 0.867. The molecule has 0 unspecified atom stereocenters. The van der Waals surface area contributed by atoms with Crippen LogP contribution in [0, 0.1) is 13.8 Å². The Hall–Kier alpha value is -1.73. The van der Waals surface area contributed by atoms with Gasteiger partial charge in [0.15, 0.2) is 0 Å². The Morgan fingerprint density at radius 3 is 2.74 bits per heavy atom. The van der Waals surface area contributed by atoms with Crippen LogP contribution in [0.3, 0.4) is 0 Å². The Morgan fingerprint density at radius 2 is 2.21 bits per heavy atom. The maximum absolute atomic E-state index is 10.7. The largest absolute Gasteiger partial charge is 0.476 e. The van der Waals surface area contributed by atoms with E-state index in [-0.39, 0.29) is 5.01 Å². The Morgan fingerprint density at radius 1 is 1.47 bits per heavy atom. The van der Waals surface area contributed by atoms with Crippen molar-refractivity contribution in [3.05, 3.63) is 33.0 Å². The van der Waals surface area contributed by atoms with Gasteiger partial charge < -0.3 is 10.4 Å². The molecule has 0 amide bonds. The zero-order valence-corrected chi connectivity index (χ0v) is 11.9. The van der Waals surface area contributed by atoms with Crippen LogP contribution in [0.4, 0.5) is 0 Å². The number of carboxylic acid groups (broad SMARTS) is 1. The molecule has 0 aliphatic rings. The predicted octanol–water partition coefficient (Wildman–Crippen LogP) is 1.48. The van der Waals surface area contributed by atoms with E-state index in [0.717, 1.165) is 28.4 Å². The number of aromatic nitrogens is 3. The third-order valence-electron chi connectivity index (χ3n) is 3.00. The van der Waals surface area contributed by atoms with Gasteiger partial charge in [0.1, 0.15) is 0 Å². The van der Waals surface area contributed by atoms with E-state index in [9.17, 15) is 4.79 Å². The fourth-order valence-corrected chi connectivity index (χ4v) is 2.53. The number of nitrogens with zero attached hydrogens (tertiary/aromatic N) is 3. The minimum atomic E-state index is -0.977. The van der Waals surface area contributed by atoms with E-state index >= 15 is 0 Å². The van der Waals surface area contributed by atoms with Crippen LogP contribution >= 0.6 is 11.3 Å². The smallest absolute Gasteiger partial charge is 0.365 e. The summed E-state index contributed by atoms with van der Waals surface area (Å²) in [5, 5.41) is 18.3. The third kappa shape index (κ3) is 2.99. The van der Waals surface area contributed by atoms with E-state index in [4.69, 9.17) is 5.11 Å². The Balaban J connectivity index is 1.94. The molecule has 0 aliphatic carbocycles. The monoisotopic (exact) mass is 280 g/mol. The van der Waals surface area contributed by atoms with Crippen molar-refractivity contribution >= 4 is 17.3 Å². The normalized spacial score (nSPS) is 10.9.